The topological polar surface area (TPSA) is 135 Å². The van der Waals surface area contributed by atoms with E-state index >= 15 is 4.39 Å². The third-order valence-electron chi connectivity index (χ3n) is 9.29. The Labute approximate surface area is 266 Å². The second kappa shape index (κ2) is 11.5. The third kappa shape index (κ3) is 5.35. The van der Waals surface area contributed by atoms with Gasteiger partial charge in [-0.25, -0.2) is 19.0 Å². The number of nitriles is 1. The molecule has 7 rings (SSSR count). The fourth-order valence-corrected chi connectivity index (χ4v) is 6.70. The van der Waals surface area contributed by atoms with Crippen molar-refractivity contribution in [3.63, 3.8) is 0 Å². The molecule has 0 unspecified atom stereocenters. The van der Waals surface area contributed by atoms with Crippen LogP contribution in [0.15, 0.2) is 66.5 Å². The Morgan fingerprint density at radius 2 is 1.98 bits per heavy atom. The molecule has 3 aliphatic heterocycles. The summed E-state index contributed by atoms with van der Waals surface area (Å²) in [7, 11) is 0. The fourth-order valence-electron chi connectivity index (χ4n) is 6.70. The van der Waals surface area contributed by atoms with E-state index < -0.39 is 11.4 Å². The van der Waals surface area contributed by atoms with Gasteiger partial charge in [-0.2, -0.15) is 10.4 Å². The highest BCUT2D eigenvalue weighted by molar-refractivity contribution is 5.99. The Morgan fingerprint density at radius 1 is 1.20 bits per heavy atom. The zero-order chi connectivity index (χ0) is 32.1. The summed E-state index contributed by atoms with van der Waals surface area (Å²) in [5, 5.41) is 15.3. The maximum absolute atomic E-state index is 15.6. The second-order valence-electron chi connectivity index (χ2n) is 13.0. The first-order valence-corrected chi connectivity index (χ1v) is 15.4. The van der Waals surface area contributed by atoms with E-state index in [0.717, 1.165) is 39.1 Å². The molecule has 5 heterocycles. The number of ether oxygens (including phenoxy) is 2. The maximum atomic E-state index is 15.6. The van der Waals surface area contributed by atoms with Gasteiger partial charge in [0.15, 0.2) is 5.65 Å². The van der Waals surface area contributed by atoms with Gasteiger partial charge in [0, 0.05) is 42.2 Å². The van der Waals surface area contributed by atoms with E-state index in [1.807, 2.05) is 32.0 Å². The van der Waals surface area contributed by atoms with Crippen LogP contribution in [0.1, 0.15) is 26.7 Å². The second-order valence-corrected chi connectivity index (χ2v) is 13.0. The molecule has 1 atom stereocenters. The predicted octanol–water partition coefficient (Wildman–Crippen LogP) is 4.56. The van der Waals surface area contributed by atoms with Gasteiger partial charge in [-0.1, -0.05) is 18.2 Å². The largest absolute Gasteiger partial charge is 0.457 e. The highest BCUT2D eigenvalue weighted by Crippen LogP contribution is 2.42. The number of nitrogens with two attached hydrogens (primary N) is 1. The summed E-state index contributed by atoms with van der Waals surface area (Å²) < 4.78 is 28.4. The molecule has 2 aromatic heterocycles. The summed E-state index contributed by atoms with van der Waals surface area (Å²) in [5.74, 6) is 0.272. The first-order valence-electron chi connectivity index (χ1n) is 15.4. The van der Waals surface area contributed by atoms with Crippen LogP contribution in [0.4, 0.5) is 10.2 Å². The molecule has 3 fully saturated rings. The van der Waals surface area contributed by atoms with Crippen LogP contribution in [0.2, 0.25) is 0 Å². The number of nitrogen functional groups attached to an aromatic ring is 1. The van der Waals surface area contributed by atoms with E-state index in [1.165, 1.54) is 12.4 Å². The van der Waals surface area contributed by atoms with Gasteiger partial charge in [0.2, 0.25) is 0 Å². The van der Waals surface area contributed by atoms with Gasteiger partial charge in [0.25, 0.3) is 5.91 Å². The minimum atomic E-state index is -0.537. The van der Waals surface area contributed by atoms with Crippen molar-refractivity contribution in [3.05, 3.63) is 72.3 Å². The van der Waals surface area contributed by atoms with Gasteiger partial charge in [-0.05, 0) is 57.0 Å². The zero-order valence-electron chi connectivity index (χ0n) is 25.8. The molecular weight excluding hydrogens is 587 g/mol. The number of carbonyl (C=O) groups is 1. The van der Waals surface area contributed by atoms with Crippen molar-refractivity contribution in [1.82, 2.24) is 29.5 Å². The van der Waals surface area contributed by atoms with Gasteiger partial charge < -0.3 is 20.1 Å². The van der Waals surface area contributed by atoms with E-state index in [2.05, 4.69) is 20.9 Å². The van der Waals surface area contributed by atoms with E-state index in [4.69, 9.17) is 20.3 Å². The number of rotatable bonds is 8. The van der Waals surface area contributed by atoms with E-state index in [1.54, 1.807) is 39.9 Å². The fraction of sp³-hybridized carbons (Fsp3) is 0.382. The van der Waals surface area contributed by atoms with Crippen molar-refractivity contribution in [3.8, 4) is 28.8 Å². The van der Waals surface area contributed by atoms with E-state index in [9.17, 15) is 10.1 Å². The highest BCUT2D eigenvalue weighted by Gasteiger charge is 2.52. The van der Waals surface area contributed by atoms with Crippen LogP contribution < -0.4 is 10.5 Å². The summed E-state index contributed by atoms with van der Waals surface area (Å²) in [5.41, 5.74) is 7.15. The zero-order valence-corrected chi connectivity index (χ0v) is 25.8. The lowest BCUT2D eigenvalue weighted by molar-refractivity contribution is -0.204. The molecule has 1 amide bonds. The molecule has 2 aromatic carbocycles. The van der Waals surface area contributed by atoms with Gasteiger partial charge in [0.05, 0.1) is 31.2 Å². The lowest BCUT2D eigenvalue weighted by Gasteiger charge is -2.59. The molecule has 46 heavy (non-hydrogen) atoms. The smallest absolute Gasteiger partial charge is 0.264 e. The summed E-state index contributed by atoms with van der Waals surface area (Å²) in [6.07, 6.45) is 4.65. The maximum Gasteiger partial charge on any atom is 0.264 e. The van der Waals surface area contributed by atoms with Crippen LogP contribution in [-0.4, -0.2) is 79.9 Å². The molecule has 1 spiro atoms. The van der Waals surface area contributed by atoms with Gasteiger partial charge in [-0.15, -0.1) is 0 Å². The Hall–Kier alpha value is -4.86. The number of anilines is 1. The van der Waals surface area contributed by atoms with Crippen LogP contribution in [0, 0.1) is 22.6 Å². The molecule has 12 heteroatoms. The minimum absolute atomic E-state index is 0.125. The molecule has 4 aromatic rings. The number of carbonyl (C=O) groups excluding carboxylic acids is 1. The van der Waals surface area contributed by atoms with Crippen molar-refractivity contribution in [1.29, 1.82) is 5.26 Å². The van der Waals surface area contributed by atoms with Gasteiger partial charge in [0.1, 0.15) is 46.8 Å². The predicted molar refractivity (Wildman–Crippen MR) is 169 cm³/mol. The molecule has 3 saturated heterocycles. The number of hydrogen-bond acceptors (Lipinski definition) is 9. The number of amides is 1. The Morgan fingerprint density at radius 3 is 2.67 bits per heavy atom. The number of likely N-dealkylation sites (tertiary alicyclic amines) is 2. The molecule has 0 saturated carbocycles. The number of fused-ring (bicyclic) bond motifs is 1. The lowest BCUT2D eigenvalue weighted by atomic mass is 9.75. The molecule has 236 valence electrons. The quantitative estimate of drug-likeness (QED) is 0.222. The van der Waals surface area contributed by atoms with E-state index in [0.29, 0.717) is 41.3 Å². The Balaban J connectivity index is 1.14. The average Bonchev–Trinajstić information content (AvgIpc) is 3.60. The Kier molecular flexibility index (Phi) is 7.45. The number of nitrogens with zero attached hydrogens (tertiary/aromatic N) is 7. The molecule has 0 bridgehead atoms. The number of para-hydroxylation sites is 1. The van der Waals surface area contributed by atoms with Crippen molar-refractivity contribution in [2.45, 2.75) is 44.8 Å². The van der Waals surface area contributed by atoms with Crippen LogP contribution in [0.3, 0.4) is 0 Å². The van der Waals surface area contributed by atoms with Crippen LogP contribution in [0.5, 0.6) is 11.5 Å². The number of benzene rings is 2. The van der Waals surface area contributed by atoms with Crippen LogP contribution in [0.25, 0.3) is 22.3 Å². The monoisotopic (exact) mass is 622 g/mol. The van der Waals surface area contributed by atoms with Gasteiger partial charge >= 0.3 is 0 Å². The third-order valence-corrected chi connectivity index (χ3v) is 9.29. The van der Waals surface area contributed by atoms with Crippen LogP contribution >= 0.6 is 0 Å². The summed E-state index contributed by atoms with van der Waals surface area (Å²) >= 11 is 0. The molecule has 0 radical (unpaired) electrons. The number of aromatic nitrogens is 4. The summed E-state index contributed by atoms with van der Waals surface area (Å²) in [4.78, 5) is 26.4. The highest BCUT2D eigenvalue weighted by atomic mass is 19.1. The molecule has 11 nitrogen and oxygen atoms in total. The van der Waals surface area contributed by atoms with Gasteiger partial charge in [-0.3, -0.25) is 9.69 Å². The van der Waals surface area contributed by atoms with Crippen molar-refractivity contribution in [2.75, 3.05) is 38.6 Å². The normalized spacial score (nSPS) is 19.6. The summed E-state index contributed by atoms with van der Waals surface area (Å²) in [6, 6.07) is 15.6. The molecule has 0 aliphatic carbocycles. The lowest BCUT2D eigenvalue weighted by Crippen LogP contribution is -2.70. The Bertz CT molecular complexity index is 1870. The SMILES string of the molecule is CC(C)(/C=C(/C#N)C(=O)N1CCC[C@H]1Cn1nc(-c2ccc(Oc3ccccc3)cc2F)c2c(N)ncnc21)N1CC2(COC2)C1. The number of halogens is 1. The minimum Gasteiger partial charge on any atom is -0.457 e. The standard InChI is InChI=1S/C34H35FN8O3/c1-33(2,41-17-34(18-41)19-45-20-34)14-22(15-36)32(44)42-12-6-7-23(42)16-43-31-28(30(37)38-21-39-31)29(40-43)26-11-10-25(13-27(26)35)46-24-8-4-3-5-9-24/h3-5,8-11,13-14,21,23H,6-7,12,16-20H2,1-2H3,(H2,37,38,39)/b22-14-/t23-/m0/s1. The molecule has 2 N–H and O–H groups in total. The van der Waals surface area contributed by atoms with Crippen LogP contribution in [-0.2, 0) is 16.1 Å². The summed E-state index contributed by atoms with van der Waals surface area (Å²) in [6.45, 7) is 8.20. The first kappa shape index (κ1) is 29.8. The van der Waals surface area contributed by atoms with Crippen molar-refractivity contribution >= 4 is 22.8 Å². The molecular formula is C34H35FN8O3. The van der Waals surface area contributed by atoms with Crippen molar-refractivity contribution in [2.24, 2.45) is 5.41 Å². The van der Waals surface area contributed by atoms with E-state index in [-0.39, 0.29) is 34.3 Å². The average molecular weight is 623 g/mol. The van der Waals surface area contributed by atoms with Crippen molar-refractivity contribution < 1.29 is 18.7 Å². The first-order chi connectivity index (χ1) is 22.2. The molecule has 3 aliphatic rings. The number of hydrogen-bond donors (Lipinski definition) is 1.